The number of rotatable bonds is 6. The average Bonchev–Trinajstić information content (AvgIpc) is 3.00. The maximum Gasteiger partial charge on any atom is 0.235 e. The molecule has 0 N–H and O–H groups in total. The van der Waals surface area contributed by atoms with Crippen molar-refractivity contribution in [3.63, 3.8) is 0 Å². The summed E-state index contributed by atoms with van der Waals surface area (Å²) in [7, 11) is 0. The van der Waals surface area contributed by atoms with E-state index in [0.29, 0.717) is 6.54 Å². The summed E-state index contributed by atoms with van der Waals surface area (Å²) in [6.07, 6.45) is 5.45. The zero-order valence-electron chi connectivity index (χ0n) is 16.7. The van der Waals surface area contributed by atoms with E-state index in [0.717, 1.165) is 41.5 Å². The first kappa shape index (κ1) is 18.9. The van der Waals surface area contributed by atoms with Crippen molar-refractivity contribution in [2.75, 3.05) is 6.54 Å². The number of halogens is 1. The van der Waals surface area contributed by atoms with Crippen LogP contribution in [0, 0.1) is 11.8 Å². The summed E-state index contributed by atoms with van der Waals surface area (Å²) in [4.78, 5) is 27.5. The molecule has 6 rings (SSSR count). The monoisotopic (exact) mass is 407 g/mol. The third-order valence-corrected chi connectivity index (χ3v) is 7.73. The number of unbranched alkanes of at least 4 members (excludes halogenated alkanes) is 4. The van der Waals surface area contributed by atoms with Crippen LogP contribution < -0.4 is 0 Å². The zero-order chi connectivity index (χ0) is 20.2. The Bertz CT molecular complexity index is 937. The highest BCUT2D eigenvalue weighted by molar-refractivity contribution is 6.30. The van der Waals surface area contributed by atoms with Crippen molar-refractivity contribution in [3.8, 4) is 0 Å². The standard InChI is InChI=1S/C25H26ClNO2/c1-2-3-4-5-10-15-27-23(28)21-20-16-11-6-8-13-18(16)25(26,22(21)24(27)29)19-14-9-7-12-17(19)20/h6-9,11-14,20-22H,2-5,10,15H2,1H3. The molecular weight excluding hydrogens is 382 g/mol. The molecule has 1 aliphatic heterocycles. The summed E-state index contributed by atoms with van der Waals surface area (Å²) in [5, 5.41) is 0. The minimum atomic E-state index is -0.962. The Hall–Kier alpha value is -2.13. The predicted molar refractivity (Wildman–Crippen MR) is 114 cm³/mol. The lowest BCUT2D eigenvalue weighted by atomic mass is 9.54. The van der Waals surface area contributed by atoms with Crippen LogP contribution in [-0.2, 0) is 14.5 Å². The quantitative estimate of drug-likeness (QED) is 0.375. The van der Waals surface area contributed by atoms with Crippen molar-refractivity contribution in [3.05, 3.63) is 70.8 Å². The fourth-order valence-electron chi connectivity index (χ4n) is 5.83. The Morgan fingerprint density at radius 2 is 1.45 bits per heavy atom. The van der Waals surface area contributed by atoms with E-state index in [9.17, 15) is 9.59 Å². The van der Waals surface area contributed by atoms with Crippen LogP contribution >= 0.6 is 11.6 Å². The zero-order valence-corrected chi connectivity index (χ0v) is 17.5. The smallest absolute Gasteiger partial charge is 0.235 e. The van der Waals surface area contributed by atoms with E-state index in [4.69, 9.17) is 11.6 Å². The molecule has 2 aromatic rings. The molecule has 150 valence electrons. The van der Waals surface area contributed by atoms with Gasteiger partial charge in [-0.3, -0.25) is 14.5 Å². The van der Waals surface area contributed by atoms with Gasteiger partial charge in [-0.25, -0.2) is 0 Å². The number of likely N-dealkylation sites (tertiary alicyclic amines) is 1. The van der Waals surface area contributed by atoms with Crippen LogP contribution in [0.2, 0.25) is 0 Å². The first-order chi connectivity index (χ1) is 14.1. The largest absolute Gasteiger partial charge is 0.282 e. The molecule has 2 atom stereocenters. The van der Waals surface area contributed by atoms with Crippen molar-refractivity contribution < 1.29 is 9.59 Å². The van der Waals surface area contributed by atoms with Crippen LogP contribution in [0.4, 0.5) is 0 Å². The molecule has 2 bridgehead atoms. The second-order valence-corrected chi connectivity index (χ2v) is 9.21. The lowest BCUT2D eigenvalue weighted by molar-refractivity contribution is -0.140. The maximum atomic E-state index is 13.5. The minimum Gasteiger partial charge on any atom is -0.282 e. The molecule has 1 saturated heterocycles. The van der Waals surface area contributed by atoms with Gasteiger partial charge in [0.05, 0.1) is 11.8 Å². The van der Waals surface area contributed by atoms with E-state index < -0.39 is 10.8 Å². The number of benzene rings is 2. The number of imide groups is 1. The molecule has 2 aromatic carbocycles. The summed E-state index contributed by atoms with van der Waals surface area (Å²) in [6, 6.07) is 16.2. The van der Waals surface area contributed by atoms with Gasteiger partial charge in [-0.15, -0.1) is 11.6 Å². The molecule has 1 fully saturated rings. The first-order valence-corrected chi connectivity index (χ1v) is 11.2. The summed E-state index contributed by atoms with van der Waals surface area (Å²) < 4.78 is 0. The van der Waals surface area contributed by atoms with Gasteiger partial charge in [0.1, 0.15) is 4.87 Å². The van der Waals surface area contributed by atoms with Gasteiger partial charge in [-0.1, -0.05) is 81.1 Å². The number of nitrogens with zero attached hydrogens (tertiary/aromatic N) is 1. The van der Waals surface area contributed by atoms with Crippen LogP contribution in [0.3, 0.4) is 0 Å². The number of carbonyl (C=O) groups is 2. The maximum absolute atomic E-state index is 13.5. The topological polar surface area (TPSA) is 37.4 Å². The second-order valence-electron chi connectivity index (χ2n) is 8.61. The molecule has 3 nitrogen and oxygen atoms in total. The van der Waals surface area contributed by atoms with E-state index in [1.54, 1.807) is 0 Å². The first-order valence-electron chi connectivity index (χ1n) is 10.8. The third-order valence-electron chi connectivity index (χ3n) is 7.09. The molecular formula is C25H26ClNO2. The molecule has 4 aliphatic rings. The molecule has 0 radical (unpaired) electrons. The van der Waals surface area contributed by atoms with Gasteiger partial charge in [0.15, 0.2) is 0 Å². The van der Waals surface area contributed by atoms with Crippen molar-refractivity contribution in [2.45, 2.75) is 49.8 Å². The van der Waals surface area contributed by atoms with Gasteiger partial charge >= 0.3 is 0 Å². The van der Waals surface area contributed by atoms with Crippen LogP contribution in [-0.4, -0.2) is 23.3 Å². The molecule has 29 heavy (non-hydrogen) atoms. The highest BCUT2D eigenvalue weighted by Crippen LogP contribution is 2.65. The third kappa shape index (κ3) is 2.49. The van der Waals surface area contributed by atoms with Crippen molar-refractivity contribution in [2.24, 2.45) is 11.8 Å². The van der Waals surface area contributed by atoms with Gasteiger partial charge in [-0.05, 0) is 28.7 Å². The number of hydrogen-bond acceptors (Lipinski definition) is 2. The van der Waals surface area contributed by atoms with E-state index in [-0.39, 0.29) is 23.7 Å². The Balaban J connectivity index is 1.55. The molecule has 0 aromatic heterocycles. The Kier molecular flexibility index (Phi) is 4.54. The summed E-state index contributed by atoms with van der Waals surface area (Å²) in [5.74, 6) is -1.11. The Labute approximate surface area is 177 Å². The van der Waals surface area contributed by atoms with E-state index in [1.807, 2.05) is 36.4 Å². The van der Waals surface area contributed by atoms with Crippen LogP contribution in [0.5, 0.6) is 0 Å². The SMILES string of the molecule is CCCCCCCN1C(=O)C2C3c4ccccc4C(Cl)(c4ccccc43)C2C1=O. The number of carbonyl (C=O) groups excluding carboxylic acids is 2. The van der Waals surface area contributed by atoms with E-state index >= 15 is 0 Å². The molecule has 0 saturated carbocycles. The molecule has 2 unspecified atom stereocenters. The summed E-state index contributed by atoms with van der Waals surface area (Å²) >= 11 is 7.39. The summed E-state index contributed by atoms with van der Waals surface area (Å²) in [5.41, 5.74) is 4.21. The lowest BCUT2D eigenvalue weighted by Gasteiger charge is -2.50. The molecule has 1 heterocycles. The van der Waals surface area contributed by atoms with Crippen LogP contribution in [0.25, 0.3) is 0 Å². The molecule has 0 spiro atoms. The number of hydrogen-bond donors (Lipinski definition) is 0. The fraction of sp³-hybridized carbons (Fsp3) is 0.440. The van der Waals surface area contributed by atoms with Crippen molar-refractivity contribution >= 4 is 23.4 Å². The molecule has 2 amide bonds. The average molecular weight is 408 g/mol. The van der Waals surface area contributed by atoms with Gasteiger partial charge in [0.2, 0.25) is 11.8 Å². The highest BCUT2D eigenvalue weighted by atomic mass is 35.5. The highest BCUT2D eigenvalue weighted by Gasteiger charge is 2.67. The Morgan fingerprint density at radius 3 is 2.07 bits per heavy atom. The van der Waals surface area contributed by atoms with Gasteiger partial charge in [-0.2, -0.15) is 0 Å². The predicted octanol–water partition coefficient (Wildman–Crippen LogP) is 5.20. The van der Waals surface area contributed by atoms with Crippen molar-refractivity contribution in [1.29, 1.82) is 0 Å². The summed E-state index contributed by atoms with van der Waals surface area (Å²) in [6.45, 7) is 2.70. The van der Waals surface area contributed by atoms with Crippen LogP contribution in [0.15, 0.2) is 48.5 Å². The van der Waals surface area contributed by atoms with Crippen LogP contribution in [0.1, 0.15) is 67.2 Å². The Morgan fingerprint density at radius 1 is 0.862 bits per heavy atom. The minimum absolute atomic E-state index is 0.0328. The second kappa shape index (κ2) is 6.98. The molecule has 3 aliphatic carbocycles. The van der Waals surface area contributed by atoms with Gasteiger partial charge in [0.25, 0.3) is 0 Å². The number of amides is 2. The van der Waals surface area contributed by atoms with Gasteiger partial charge in [0, 0.05) is 12.5 Å². The van der Waals surface area contributed by atoms with Gasteiger partial charge < -0.3 is 0 Å². The normalized spacial score (nSPS) is 29.0. The molecule has 4 heteroatoms. The fourth-order valence-corrected chi connectivity index (χ4v) is 6.41. The van der Waals surface area contributed by atoms with Crippen molar-refractivity contribution in [1.82, 2.24) is 4.90 Å². The van der Waals surface area contributed by atoms with E-state index in [1.165, 1.54) is 17.7 Å². The van der Waals surface area contributed by atoms with E-state index in [2.05, 4.69) is 19.1 Å². The lowest BCUT2D eigenvalue weighted by Crippen LogP contribution is -2.50. The number of alkyl halides is 1.